The maximum Gasteiger partial charge on any atom is 0.252 e. The molecule has 1 aliphatic rings. The second-order valence-corrected chi connectivity index (χ2v) is 5.79. The van der Waals surface area contributed by atoms with Crippen molar-refractivity contribution in [1.82, 2.24) is 10.3 Å². The number of hydrogen-bond donors (Lipinski definition) is 2. The predicted molar refractivity (Wildman–Crippen MR) is 84.8 cm³/mol. The van der Waals surface area contributed by atoms with Crippen LogP contribution in [-0.4, -0.2) is 18.1 Å². The summed E-state index contributed by atoms with van der Waals surface area (Å²) in [6, 6.07) is 8.29. The van der Waals surface area contributed by atoms with Crippen LogP contribution in [0.3, 0.4) is 0 Å². The molecule has 0 radical (unpaired) electrons. The summed E-state index contributed by atoms with van der Waals surface area (Å²) in [7, 11) is 1.63. The second kappa shape index (κ2) is 6.31. The van der Waals surface area contributed by atoms with Gasteiger partial charge in [-0.25, -0.2) is 0 Å². The van der Waals surface area contributed by atoms with Crippen LogP contribution in [0.15, 0.2) is 29.1 Å². The molecule has 21 heavy (non-hydrogen) atoms. The zero-order chi connectivity index (χ0) is 14.7. The van der Waals surface area contributed by atoms with Crippen molar-refractivity contribution in [2.45, 2.75) is 44.7 Å². The van der Waals surface area contributed by atoms with Gasteiger partial charge in [0.1, 0.15) is 5.75 Å². The van der Waals surface area contributed by atoms with Crippen molar-refractivity contribution in [1.29, 1.82) is 0 Å². The Kier molecular flexibility index (Phi) is 4.25. The van der Waals surface area contributed by atoms with Gasteiger partial charge in [-0.05, 0) is 36.4 Å². The summed E-state index contributed by atoms with van der Waals surface area (Å²) in [5.74, 6) is 0.756. The number of nitrogens with one attached hydrogen (secondary N) is 2. The lowest BCUT2D eigenvalue weighted by atomic mass is 9.95. The van der Waals surface area contributed by atoms with E-state index in [1.807, 2.05) is 24.3 Å². The standard InChI is InChI=1S/C17H22N2O2/c1-21-15-8-7-12-9-13(17(20)19-16(12)10-15)11-18-14-5-3-2-4-6-14/h7-10,14,18H,2-6,11H2,1H3,(H,19,20). The molecule has 1 aliphatic carbocycles. The van der Waals surface area contributed by atoms with Crippen molar-refractivity contribution in [3.8, 4) is 5.75 Å². The quantitative estimate of drug-likeness (QED) is 0.908. The lowest BCUT2D eigenvalue weighted by molar-refractivity contribution is 0.372. The largest absolute Gasteiger partial charge is 0.497 e. The highest BCUT2D eigenvalue weighted by Gasteiger charge is 2.13. The van der Waals surface area contributed by atoms with E-state index in [9.17, 15) is 4.79 Å². The monoisotopic (exact) mass is 286 g/mol. The van der Waals surface area contributed by atoms with Crippen molar-refractivity contribution >= 4 is 10.9 Å². The third-order valence-electron chi connectivity index (χ3n) is 4.32. The SMILES string of the molecule is COc1ccc2cc(CNC3CCCCC3)c(=O)[nH]c2c1. The summed E-state index contributed by atoms with van der Waals surface area (Å²) >= 11 is 0. The van der Waals surface area contributed by atoms with Crippen molar-refractivity contribution in [2.75, 3.05) is 7.11 Å². The first-order chi connectivity index (χ1) is 10.3. The van der Waals surface area contributed by atoms with Crippen molar-refractivity contribution in [3.63, 3.8) is 0 Å². The number of ether oxygens (including phenoxy) is 1. The number of H-pyrrole nitrogens is 1. The van der Waals surface area contributed by atoms with E-state index in [0.717, 1.165) is 22.2 Å². The molecule has 4 nitrogen and oxygen atoms in total. The van der Waals surface area contributed by atoms with Crippen LogP contribution in [0.25, 0.3) is 10.9 Å². The van der Waals surface area contributed by atoms with E-state index in [1.54, 1.807) is 7.11 Å². The van der Waals surface area contributed by atoms with E-state index in [0.29, 0.717) is 12.6 Å². The average molecular weight is 286 g/mol. The van der Waals surface area contributed by atoms with Gasteiger partial charge < -0.3 is 15.0 Å². The van der Waals surface area contributed by atoms with E-state index < -0.39 is 0 Å². The smallest absolute Gasteiger partial charge is 0.252 e. The van der Waals surface area contributed by atoms with Crippen LogP contribution in [0, 0.1) is 0 Å². The van der Waals surface area contributed by atoms with Gasteiger partial charge in [-0.15, -0.1) is 0 Å². The molecular formula is C17H22N2O2. The molecule has 0 unspecified atom stereocenters. The van der Waals surface area contributed by atoms with E-state index in [-0.39, 0.29) is 5.56 Å². The third kappa shape index (κ3) is 3.27. The van der Waals surface area contributed by atoms with Crippen LogP contribution in [0.2, 0.25) is 0 Å². The maximum atomic E-state index is 12.2. The number of aromatic nitrogens is 1. The molecule has 112 valence electrons. The van der Waals surface area contributed by atoms with E-state index in [1.165, 1.54) is 32.1 Å². The molecule has 3 rings (SSSR count). The number of methoxy groups -OCH3 is 1. The molecule has 0 aliphatic heterocycles. The molecule has 1 aromatic carbocycles. The first-order valence-electron chi connectivity index (χ1n) is 7.69. The van der Waals surface area contributed by atoms with Gasteiger partial charge in [-0.1, -0.05) is 19.3 Å². The fourth-order valence-electron chi connectivity index (χ4n) is 3.04. The lowest BCUT2D eigenvalue weighted by Gasteiger charge is -2.22. The minimum Gasteiger partial charge on any atom is -0.497 e. The highest BCUT2D eigenvalue weighted by atomic mass is 16.5. The molecule has 0 saturated heterocycles. The molecule has 4 heteroatoms. The Morgan fingerprint density at radius 1 is 1.24 bits per heavy atom. The van der Waals surface area contributed by atoms with Crippen LogP contribution >= 0.6 is 0 Å². The van der Waals surface area contributed by atoms with Gasteiger partial charge in [-0.2, -0.15) is 0 Å². The Balaban J connectivity index is 1.78. The summed E-state index contributed by atoms with van der Waals surface area (Å²) in [5, 5.41) is 4.56. The summed E-state index contributed by atoms with van der Waals surface area (Å²) in [4.78, 5) is 15.1. The Morgan fingerprint density at radius 2 is 2.05 bits per heavy atom. The molecular weight excluding hydrogens is 264 g/mol. The van der Waals surface area contributed by atoms with Gasteiger partial charge in [0.25, 0.3) is 5.56 Å². The zero-order valence-corrected chi connectivity index (χ0v) is 12.4. The molecule has 0 bridgehead atoms. The Labute approximate surface area is 124 Å². The molecule has 0 atom stereocenters. The van der Waals surface area contributed by atoms with E-state index in [2.05, 4.69) is 10.3 Å². The van der Waals surface area contributed by atoms with E-state index >= 15 is 0 Å². The molecule has 2 aromatic rings. The maximum absolute atomic E-state index is 12.2. The predicted octanol–water partition coefficient (Wildman–Crippen LogP) is 2.96. The van der Waals surface area contributed by atoms with Crippen LogP contribution in [0.1, 0.15) is 37.7 Å². The summed E-state index contributed by atoms with van der Waals surface area (Å²) in [5.41, 5.74) is 1.61. The van der Waals surface area contributed by atoms with Crippen molar-refractivity contribution in [3.05, 3.63) is 40.2 Å². The van der Waals surface area contributed by atoms with Crippen LogP contribution in [-0.2, 0) is 6.54 Å². The fraction of sp³-hybridized carbons (Fsp3) is 0.471. The average Bonchev–Trinajstić information content (AvgIpc) is 2.53. The minimum absolute atomic E-state index is 0.0148. The molecule has 1 aromatic heterocycles. The summed E-state index contributed by atoms with van der Waals surface area (Å²) < 4.78 is 5.18. The zero-order valence-electron chi connectivity index (χ0n) is 12.4. The highest BCUT2D eigenvalue weighted by Crippen LogP contribution is 2.20. The minimum atomic E-state index is -0.0148. The number of fused-ring (bicyclic) bond motifs is 1. The Hall–Kier alpha value is -1.81. The van der Waals surface area contributed by atoms with Gasteiger partial charge in [0.2, 0.25) is 0 Å². The summed E-state index contributed by atoms with van der Waals surface area (Å²) in [6.45, 7) is 0.641. The van der Waals surface area contributed by atoms with Crippen LogP contribution in [0.5, 0.6) is 5.75 Å². The number of aromatic amines is 1. The molecule has 1 fully saturated rings. The Morgan fingerprint density at radius 3 is 2.81 bits per heavy atom. The normalized spacial score (nSPS) is 16.2. The van der Waals surface area contributed by atoms with Gasteiger partial charge in [0.15, 0.2) is 0 Å². The highest BCUT2D eigenvalue weighted by molar-refractivity contribution is 5.80. The molecule has 2 N–H and O–H groups in total. The number of pyridine rings is 1. The topological polar surface area (TPSA) is 54.1 Å². The molecule has 1 saturated carbocycles. The number of hydrogen-bond acceptors (Lipinski definition) is 3. The van der Waals surface area contributed by atoms with Gasteiger partial charge in [-0.3, -0.25) is 4.79 Å². The van der Waals surface area contributed by atoms with Crippen LogP contribution in [0.4, 0.5) is 0 Å². The third-order valence-corrected chi connectivity index (χ3v) is 4.32. The van der Waals surface area contributed by atoms with Gasteiger partial charge in [0, 0.05) is 24.2 Å². The first kappa shape index (κ1) is 14.1. The second-order valence-electron chi connectivity index (χ2n) is 5.79. The van der Waals surface area contributed by atoms with Crippen LogP contribution < -0.4 is 15.6 Å². The summed E-state index contributed by atoms with van der Waals surface area (Å²) in [6.07, 6.45) is 6.39. The number of rotatable bonds is 4. The lowest BCUT2D eigenvalue weighted by Crippen LogP contribution is -2.32. The van der Waals surface area contributed by atoms with Gasteiger partial charge in [0.05, 0.1) is 12.6 Å². The van der Waals surface area contributed by atoms with Crippen molar-refractivity contribution < 1.29 is 4.74 Å². The van der Waals surface area contributed by atoms with E-state index in [4.69, 9.17) is 4.74 Å². The first-order valence-corrected chi connectivity index (χ1v) is 7.69. The fourth-order valence-corrected chi connectivity index (χ4v) is 3.04. The van der Waals surface area contributed by atoms with Gasteiger partial charge >= 0.3 is 0 Å². The van der Waals surface area contributed by atoms with Crippen molar-refractivity contribution in [2.24, 2.45) is 0 Å². The number of benzene rings is 1. The molecule has 1 heterocycles. The molecule has 0 spiro atoms. The molecule has 0 amide bonds. The Bertz CT molecular complexity index is 672.